The van der Waals surface area contributed by atoms with Gasteiger partial charge in [-0.2, -0.15) is 0 Å². The summed E-state index contributed by atoms with van der Waals surface area (Å²) in [4.78, 5) is 11.8. The fourth-order valence-corrected chi connectivity index (χ4v) is 6.72. The molecule has 4 rings (SSSR count). The van der Waals surface area contributed by atoms with Crippen LogP contribution in [0.3, 0.4) is 0 Å². The second kappa shape index (κ2) is 8.03. The Balaban J connectivity index is 1.40. The minimum Gasteiger partial charge on any atom is -0.356 e. The summed E-state index contributed by atoms with van der Waals surface area (Å²) in [6.45, 7) is 3.70. The van der Waals surface area contributed by atoms with E-state index in [4.69, 9.17) is 4.98 Å². The van der Waals surface area contributed by atoms with Crippen LogP contribution in [0.2, 0.25) is 0 Å². The van der Waals surface area contributed by atoms with Crippen LogP contribution in [0.25, 0.3) is 0 Å². The largest absolute Gasteiger partial charge is 0.356 e. The highest BCUT2D eigenvalue weighted by atomic mass is 32.2. The summed E-state index contributed by atoms with van der Waals surface area (Å²) in [5.74, 6) is 1.96. The number of fused-ring (bicyclic) bond motifs is 1. The van der Waals surface area contributed by atoms with Crippen molar-refractivity contribution in [2.75, 3.05) is 18.0 Å². The number of rotatable bonds is 4. The quantitative estimate of drug-likeness (QED) is 0.853. The maximum Gasteiger partial charge on any atom is 0.214 e. The highest BCUT2D eigenvalue weighted by molar-refractivity contribution is 7.90. The third-order valence-corrected chi connectivity index (χ3v) is 8.40. The van der Waals surface area contributed by atoms with E-state index in [9.17, 15) is 8.42 Å². The second-order valence-electron chi connectivity index (χ2n) is 8.41. The first kappa shape index (κ1) is 19.1. The van der Waals surface area contributed by atoms with Gasteiger partial charge in [0.15, 0.2) is 0 Å². The minimum atomic E-state index is -3.18. The first-order valence-corrected chi connectivity index (χ1v) is 12.2. The Kier molecular flexibility index (Phi) is 5.69. The normalized spacial score (nSPS) is 22.6. The van der Waals surface area contributed by atoms with E-state index < -0.39 is 10.0 Å². The smallest absolute Gasteiger partial charge is 0.214 e. The first-order chi connectivity index (χ1) is 13.0. The molecule has 2 heterocycles. The number of piperidine rings is 1. The van der Waals surface area contributed by atoms with Crippen LogP contribution in [0.4, 0.5) is 5.82 Å². The zero-order valence-corrected chi connectivity index (χ0v) is 17.2. The van der Waals surface area contributed by atoms with E-state index in [1.54, 1.807) is 0 Å². The minimum absolute atomic E-state index is 0.0620. The molecular weight excluding hydrogens is 360 g/mol. The Morgan fingerprint density at radius 2 is 1.63 bits per heavy atom. The van der Waals surface area contributed by atoms with Crippen molar-refractivity contribution in [1.82, 2.24) is 14.7 Å². The summed E-state index contributed by atoms with van der Waals surface area (Å²) in [5.41, 5.74) is 2.55. The molecule has 2 fully saturated rings. The molecule has 0 aromatic carbocycles. The predicted octanol–water partition coefficient (Wildman–Crippen LogP) is 2.88. The van der Waals surface area contributed by atoms with E-state index in [0.717, 1.165) is 76.1 Å². The lowest BCUT2D eigenvalue weighted by atomic mass is 9.95. The number of aryl methyl sites for hydroxylation is 2. The number of sulfonamides is 1. The van der Waals surface area contributed by atoms with Crippen molar-refractivity contribution in [3.8, 4) is 0 Å². The number of nitrogens with zero attached hydrogens (tertiary/aromatic N) is 3. The molecule has 3 aliphatic rings. The lowest BCUT2D eigenvalue weighted by molar-refractivity contribution is 0.437. The van der Waals surface area contributed by atoms with Gasteiger partial charge in [0.2, 0.25) is 10.0 Å². The van der Waals surface area contributed by atoms with E-state index in [2.05, 4.69) is 14.6 Å². The number of hydrogen-bond donors (Lipinski definition) is 1. The number of aromatic nitrogens is 2. The highest BCUT2D eigenvalue weighted by Gasteiger charge is 2.31. The van der Waals surface area contributed by atoms with Gasteiger partial charge in [0, 0.05) is 30.4 Å². The fraction of sp³-hybridized carbons (Fsp3) is 0.800. The Labute approximate surface area is 163 Å². The lowest BCUT2D eigenvalue weighted by Crippen LogP contribution is -2.48. The third kappa shape index (κ3) is 4.29. The van der Waals surface area contributed by atoms with E-state index in [1.807, 2.05) is 6.92 Å². The second-order valence-corrected chi connectivity index (χ2v) is 10.4. The molecule has 0 unspecified atom stereocenters. The standard InChI is InChI=1S/C20H32N4O2S/c1-15-21-19-10-6-5-9-18(19)20(22-15)24-13-11-16(12-14-24)23-27(25,26)17-7-3-2-4-8-17/h16-17,23H,2-14H2,1H3. The topological polar surface area (TPSA) is 75.2 Å². The van der Waals surface area contributed by atoms with E-state index in [-0.39, 0.29) is 11.3 Å². The van der Waals surface area contributed by atoms with Crippen LogP contribution >= 0.6 is 0 Å². The summed E-state index contributed by atoms with van der Waals surface area (Å²) in [6.07, 6.45) is 11.2. The Bertz CT molecular complexity index is 766. The molecule has 0 amide bonds. The molecular formula is C20H32N4O2S. The number of anilines is 1. The molecule has 6 nitrogen and oxygen atoms in total. The molecule has 0 radical (unpaired) electrons. The van der Waals surface area contributed by atoms with Crippen molar-refractivity contribution >= 4 is 15.8 Å². The average Bonchev–Trinajstić information content (AvgIpc) is 2.68. The number of nitrogens with one attached hydrogen (secondary N) is 1. The Hall–Kier alpha value is -1.21. The van der Waals surface area contributed by atoms with Gasteiger partial charge in [0.05, 0.1) is 5.25 Å². The molecule has 1 saturated carbocycles. The van der Waals surface area contributed by atoms with Crippen molar-refractivity contribution in [2.45, 2.75) is 88.8 Å². The van der Waals surface area contributed by atoms with E-state index >= 15 is 0 Å². The zero-order valence-electron chi connectivity index (χ0n) is 16.4. The maximum absolute atomic E-state index is 12.7. The summed E-state index contributed by atoms with van der Waals surface area (Å²) in [5, 5.41) is -0.180. The van der Waals surface area contributed by atoms with Gasteiger partial charge in [-0.15, -0.1) is 0 Å². The lowest BCUT2D eigenvalue weighted by Gasteiger charge is -2.36. The molecule has 7 heteroatoms. The van der Waals surface area contributed by atoms with Gasteiger partial charge in [0.25, 0.3) is 0 Å². The van der Waals surface area contributed by atoms with Crippen LogP contribution in [-0.4, -0.2) is 42.8 Å². The van der Waals surface area contributed by atoms with Crippen LogP contribution < -0.4 is 9.62 Å². The van der Waals surface area contributed by atoms with Crippen LogP contribution in [0.5, 0.6) is 0 Å². The highest BCUT2D eigenvalue weighted by Crippen LogP contribution is 2.30. The van der Waals surface area contributed by atoms with Crippen LogP contribution in [0.1, 0.15) is 74.9 Å². The molecule has 2 aliphatic carbocycles. The van der Waals surface area contributed by atoms with Crippen molar-refractivity contribution in [2.24, 2.45) is 0 Å². The monoisotopic (exact) mass is 392 g/mol. The molecule has 1 aromatic rings. The Morgan fingerprint density at radius 3 is 2.37 bits per heavy atom. The summed E-state index contributed by atoms with van der Waals surface area (Å²) < 4.78 is 28.4. The maximum atomic E-state index is 12.7. The first-order valence-electron chi connectivity index (χ1n) is 10.7. The molecule has 1 N–H and O–H groups in total. The van der Waals surface area contributed by atoms with Crippen molar-refractivity contribution in [1.29, 1.82) is 0 Å². The van der Waals surface area contributed by atoms with Gasteiger partial charge in [-0.05, 0) is 58.3 Å². The zero-order chi connectivity index (χ0) is 18.9. The van der Waals surface area contributed by atoms with E-state index in [0.29, 0.717) is 0 Å². The summed E-state index contributed by atoms with van der Waals surface area (Å²) in [7, 11) is -3.18. The van der Waals surface area contributed by atoms with Gasteiger partial charge >= 0.3 is 0 Å². The van der Waals surface area contributed by atoms with Crippen molar-refractivity contribution < 1.29 is 8.42 Å². The van der Waals surface area contributed by atoms with Crippen molar-refractivity contribution in [3.63, 3.8) is 0 Å². The molecule has 1 saturated heterocycles. The molecule has 1 aliphatic heterocycles. The molecule has 150 valence electrons. The van der Waals surface area contributed by atoms with Crippen LogP contribution in [0, 0.1) is 6.92 Å². The van der Waals surface area contributed by atoms with E-state index in [1.165, 1.54) is 30.5 Å². The summed E-state index contributed by atoms with van der Waals surface area (Å²) >= 11 is 0. The summed E-state index contributed by atoms with van der Waals surface area (Å²) in [6, 6.07) is 0.0620. The molecule has 0 bridgehead atoms. The predicted molar refractivity (Wildman–Crippen MR) is 108 cm³/mol. The molecule has 27 heavy (non-hydrogen) atoms. The average molecular weight is 393 g/mol. The number of hydrogen-bond acceptors (Lipinski definition) is 5. The third-order valence-electron chi connectivity index (χ3n) is 6.39. The SMILES string of the molecule is Cc1nc2c(c(N3CCC(NS(=O)(=O)C4CCCCC4)CC3)n1)CCCC2. The van der Waals surface area contributed by atoms with Gasteiger partial charge < -0.3 is 4.90 Å². The van der Waals surface area contributed by atoms with Gasteiger partial charge in [-0.3, -0.25) is 0 Å². The van der Waals surface area contributed by atoms with Gasteiger partial charge in [-0.25, -0.2) is 23.1 Å². The van der Waals surface area contributed by atoms with Crippen LogP contribution in [0.15, 0.2) is 0 Å². The molecule has 1 aromatic heterocycles. The van der Waals surface area contributed by atoms with Gasteiger partial charge in [0.1, 0.15) is 11.6 Å². The van der Waals surface area contributed by atoms with Crippen molar-refractivity contribution in [3.05, 3.63) is 17.1 Å². The van der Waals surface area contributed by atoms with Crippen LogP contribution in [-0.2, 0) is 22.9 Å². The Morgan fingerprint density at radius 1 is 0.926 bits per heavy atom. The molecule has 0 spiro atoms. The van der Waals surface area contributed by atoms with Gasteiger partial charge in [-0.1, -0.05) is 19.3 Å². The fourth-order valence-electron chi connectivity index (χ4n) is 4.87. The molecule has 0 atom stereocenters.